The lowest BCUT2D eigenvalue weighted by atomic mass is 10.1. The van der Waals surface area contributed by atoms with Crippen LogP contribution in [0.4, 0.5) is 24.8 Å². The number of ether oxygens (including phenoxy) is 1. The van der Waals surface area contributed by atoms with E-state index in [0.717, 1.165) is 10.7 Å². The van der Waals surface area contributed by atoms with Crippen molar-refractivity contribution < 1.29 is 22.8 Å². The van der Waals surface area contributed by atoms with Crippen molar-refractivity contribution in [2.75, 3.05) is 5.32 Å². The number of hydrogen-bond donors (Lipinski definition) is 1. The zero-order valence-electron chi connectivity index (χ0n) is 13.3. The monoisotopic (exact) mass is 367 g/mol. The molecule has 136 valence electrons. The Morgan fingerprint density at radius 3 is 2.54 bits per heavy atom. The van der Waals surface area contributed by atoms with Crippen LogP contribution in [0.25, 0.3) is 5.65 Å². The molecule has 0 aliphatic carbocycles. The third-order valence-corrected chi connectivity index (χ3v) is 3.51. The van der Waals surface area contributed by atoms with Gasteiger partial charge in [-0.3, -0.25) is 0 Å². The summed E-state index contributed by atoms with van der Waals surface area (Å²) in [5.41, 5.74) is 1.00. The first kappa shape index (κ1) is 17.5. The summed E-state index contributed by atoms with van der Waals surface area (Å²) in [5.74, 6) is -0.242. The van der Waals surface area contributed by atoms with Crippen LogP contribution in [0, 0.1) is 10.1 Å². The Balaban J connectivity index is 1.77. The Morgan fingerprint density at radius 2 is 1.92 bits per heavy atom. The van der Waals surface area contributed by atoms with Crippen molar-refractivity contribution in [2.24, 2.45) is 0 Å². The van der Waals surface area contributed by atoms with Crippen LogP contribution < -0.4 is 10.1 Å². The van der Waals surface area contributed by atoms with E-state index in [1.807, 2.05) is 0 Å². The van der Waals surface area contributed by atoms with Gasteiger partial charge in [0.2, 0.25) is 5.65 Å². The number of aromatic nitrogens is 3. The number of benzene rings is 1. The SMILES string of the molecule is CC(Nc1ccc2ncc([N+](=O)[O-])n2n1)c1ccc(OC(F)(F)F)cc1. The molecule has 2 aromatic heterocycles. The molecule has 0 spiro atoms. The van der Waals surface area contributed by atoms with Crippen molar-refractivity contribution in [1.82, 2.24) is 14.6 Å². The van der Waals surface area contributed by atoms with Gasteiger partial charge in [0.25, 0.3) is 0 Å². The molecule has 11 heteroatoms. The molecule has 1 aromatic carbocycles. The van der Waals surface area contributed by atoms with E-state index in [9.17, 15) is 23.3 Å². The molecule has 0 bridgehead atoms. The second kappa shape index (κ2) is 6.50. The van der Waals surface area contributed by atoms with Crippen LogP contribution in [0.3, 0.4) is 0 Å². The predicted molar refractivity (Wildman–Crippen MR) is 84.8 cm³/mol. The average Bonchev–Trinajstić information content (AvgIpc) is 2.97. The summed E-state index contributed by atoms with van der Waals surface area (Å²) < 4.78 is 41.5. The molecule has 3 aromatic rings. The molecule has 0 saturated carbocycles. The Hall–Kier alpha value is -3.37. The highest BCUT2D eigenvalue weighted by atomic mass is 19.4. The summed E-state index contributed by atoms with van der Waals surface area (Å²) in [7, 11) is 0. The molecule has 0 radical (unpaired) electrons. The number of hydrogen-bond acceptors (Lipinski definition) is 6. The third kappa shape index (κ3) is 3.82. The molecule has 1 unspecified atom stereocenters. The quantitative estimate of drug-likeness (QED) is 0.546. The molecule has 1 atom stereocenters. The van der Waals surface area contributed by atoms with Gasteiger partial charge >= 0.3 is 12.2 Å². The Kier molecular flexibility index (Phi) is 4.36. The van der Waals surface area contributed by atoms with E-state index in [2.05, 4.69) is 20.1 Å². The maximum absolute atomic E-state index is 12.2. The maximum Gasteiger partial charge on any atom is 0.573 e. The van der Waals surface area contributed by atoms with Gasteiger partial charge in [0.15, 0.2) is 5.82 Å². The number of halogens is 3. The van der Waals surface area contributed by atoms with Crippen molar-refractivity contribution in [3.63, 3.8) is 0 Å². The van der Waals surface area contributed by atoms with E-state index in [4.69, 9.17) is 0 Å². The molecule has 0 amide bonds. The van der Waals surface area contributed by atoms with Gasteiger partial charge < -0.3 is 20.2 Å². The number of fused-ring (bicyclic) bond motifs is 1. The summed E-state index contributed by atoms with van der Waals surface area (Å²) in [6.07, 6.45) is -3.64. The molecule has 8 nitrogen and oxygen atoms in total. The largest absolute Gasteiger partial charge is 0.573 e. The number of alkyl halides is 3. The topological polar surface area (TPSA) is 94.6 Å². The van der Waals surface area contributed by atoms with Gasteiger partial charge in [0, 0.05) is 6.07 Å². The number of nitrogens with zero attached hydrogens (tertiary/aromatic N) is 4. The third-order valence-electron chi connectivity index (χ3n) is 3.51. The maximum atomic E-state index is 12.2. The zero-order valence-corrected chi connectivity index (χ0v) is 13.3. The van der Waals surface area contributed by atoms with E-state index in [1.165, 1.54) is 24.3 Å². The number of anilines is 1. The highest BCUT2D eigenvalue weighted by Gasteiger charge is 2.31. The van der Waals surface area contributed by atoms with E-state index < -0.39 is 11.3 Å². The first-order valence-corrected chi connectivity index (χ1v) is 7.34. The number of nitrogens with one attached hydrogen (secondary N) is 1. The fourth-order valence-corrected chi connectivity index (χ4v) is 2.33. The Labute approximate surface area is 144 Å². The van der Waals surface area contributed by atoms with Crippen LogP contribution in [0.1, 0.15) is 18.5 Å². The molecule has 0 aliphatic rings. The fraction of sp³-hybridized carbons (Fsp3) is 0.200. The minimum atomic E-state index is -4.75. The van der Waals surface area contributed by atoms with Gasteiger partial charge in [-0.1, -0.05) is 21.7 Å². The molecule has 0 saturated heterocycles. The summed E-state index contributed by atoms with van der Waals surface area (Å²) in [6.45, 7) is 1.77. The minimum Gasteiger partial charge on any atom is -0.406 e. The fourth-order valence-electron chi connectivity index (χ4n) is 2.33. The van der Waals surface area contributed by atoms with Crippen LogP contribution in [0.5, 0.6) is 5.75 Å². The highest BCUT2D eigenvalue weighted by Crippen LogP contribution is 2.25. The summed E-state index contributed by atoms with van der Waals surface area (Å²) >= 11 is 0. The first-order valence-electron chi connectivity index (χ1n) is 7.34. The minimum absolute atomic E-state index is 0.273. The van der Waals surface area contributed by atoms with Gasteiger partial charge in [0.1, 0.15) is 11.9 Å². The van der Waals surface area contributed by atoms with Crippen molar-refractivity contribution in [3.8, 4) is 5.75 Å². The van der Waals surface area contributed by atoms with E-state index >= 15 is 0 Å². The average molecular weight is 367 g/mol. The van der Waals surface area contributed by atoms with Gasteiger partial charge in [0.05, 0.1) is 6.04 Å². The smallest absolute Gasteiger partial charge is 0.406 e. The highest BCUT2D eigenvalue weighted by molar-refractivity contribution is 5.49. The van der Waals surface area contributed by atoms with Crippen molar-refractivity contribution in [2.45, 2.75) is 19.3 Å². The molecular formula is C15H12F3N5O3. The van der Waals surface area contributed by atoms with Crippen LogP contribution in [-0.2, 0) is 0 Å². The molecule has 2 heterocycles. The molecule has 0 fully saturated rings. The second-order valence-electron chi connectivity index (χ2n) is 5.34. The number of rotatable bonds is 5. The van der Waals surface area contributed by atoms with E-state index in [1.54, 1.807) is 19.1 Å². The van der Waals surface area contributed by atoms with Gasteiger partial charge in [-0.15, -0.1) is 13.2 Å². The van der Waals surface area contributed by atoms with Crippen LogP contribution in [-0.4, -0.2) is 25.9 Å². The molecule has 0 aliphatic heterocycles. The molecule has 26 heavy (non-hydrogen) atoms. The lowest BCUT2D eigenvalue weighted by molar-refractivity contribution is -0.391. The van der Waals surface area contributed by atoms with Gasteiger partial charge in [-0.05, 0) is 35.6 Å². The van der Waals surface area contributed by atoms with Gasteiger partial charge in [-0.25, -0.2) is 4.98 Å². The summed E-state index contributed by atoms with van der Waals surface area (Å²) in [4.78, 5) is 14.2. The number of imidazole rings is 1. The lowest BCUT2D eigenvalue weighted by Gasteiger charge is -2.15. The van der Waals surface area contributed by atoms with Crippen LogP contribution >= 0.6 is 0 Å². The molecule has 3 rings (SSSR count). The summed E-state index contributed by atoms with van der Waals surface area (Å²) in [6, 6.07) is 8.23. The first-order chi connectivity index (χ1) is 12.2. The van der Waals surface area contributed by atoms with Crippen molar-refractivity contribution in [1.29, 1.82) is 0 Å². The van der Waals surface area contributed by atoms with E-state index in [0.29, 0.717) is 17.0 Å². The van der Waals surface area contributed by atoms with Crippen LogP contribution in [0.2, 0.25) is 0 Å². The Bertz CT molecular complexity index is 940. The van der Waals surface area contributed by atoms with Crippen LogP contribution in [0.15, 0.2) is 42.6 Å². The zero-order chi connectivity index (χ0) is 18.9. The summed E-state index contributed by atoms with van der Waals surface area (Å²) in [5, 5.41) is 18.1. The lowest BCUT2D eigenvalue weighted by Crippen LogP contribution is -2.17. The van der Waals surface area contributed by atoms with E-state index in [-0.39, 0.29) is 17.6 Å². The predicted octanol–water partition coefficient (Wildman–Crippen LogP) is 3.71. The second-order valence-corrected chi connectivity index (χ2v) is 5.34. The van der Waals surface area contributed by atoms with Crippen molar-refractivity contribution >= 4 is 17.3 Å². The van der Waals surface area contributed by atoms with Crippen molar-refractivity contribution in [3.05, 3.63) is 58.3 Å². The normalized spacial score (nSPS) is 12.8. The standard InChI is InChI=1S/C15H12F3N5O3/c1-9(10-2-4-11(5-3-10)26-15(16,17)18)20-12-6-7-13-19-8-14(23(24)25)22(13)21-12/h2-9H,1H3,(H,20,21). The Morgan fingerprint density at radius 1 is 1.23 bits per heavy atom. The van der Waals surface area contributed by atoms with Gasteiger partial charge in [-0.2, -0.15) is 0 Å². The molecule has 1 N–H and O–H groups in total. The number of nitro groups is 1. The molecular weight excluding hydrogens is 355 g/mol.